The summed E-state index contributed by atoms with van der Waals surface area (Å²) in [7, 11) is 0. The third-order valence-corrected chi connectivity index (χ3v) is 2.40. The van der Waals surface area contributed by atoms with E-state index in [1.807, 2.05) is 4.74 Å². The van der Waals surface area contributed by atoms with Crippen molar-refractivity contribution < 1.29 is 80.5 Å². The minimum absolute atomic E-state index is 0.644. The number of alkyl halides is 14. The van der Waals surface area contributed by atoms with Crippen LogP contribution in [0.5, 0.6) is 0 Å². The molecule has 0 aromatic heterocycles. The second-order valence-corrected chi connectivity index (χ2v) is 4.91. The Hall–Kier alpha value is -1.85. The van der Waals surface area contributed by atoms with Crippen LogP contribution in [-0.4, -0.2) is 48.9 Å². The maximum atomic E-state index is 13.0. The van der Waals surface area contributed by atoms with Crippen LogP contribution in [0.15, 0.2) is 12.2 Å². The van der Waals surface area contributed by atoms with E-state index in [2.05, 4.69) is 11.3 Å². The first-order valence-electron chi connectivity index (χ1n) is 6.28. The lowest BCUT2D eigenvalue weighted by Crippen LogP contribution is -2.60. The predicted molar refractivity (Wildman–Crippen MR) is 58.8 cm³/mol. The van der Waals surface area contributed by atoms with E-state index in [9.17, 15) is 66.3 Å². The summed E-state index contributed by atoms with van der Waals surface area (Å²) in [6.07, 6.45) is -40.3. The Labute approximate surface area is 150 Å². The van der Waals surface area contributed by atoms with Gasteiger partial charge < -0.3 is 4.74 Å². The minimum Gasteiger partial charge on any atom is -0.373 e. The van der Waals surface area contributed by atoms with Crippen LogP contribution in [0.4, 0.5) is 61.5 Å². The van der Waals surface area contributed by atoms with Crippen LogP contribution in [0, 0.1) is 0 Å². The number of halogens is 14. The zero-order chi connectivity index (χ0) is 23.9. The van der Waals surface area contributed by atoms with Crippen LogP contribution < -0.4 is 0 Å². The van der Waals surface area contributed by atoms with Gasteiger partial charge in [0.05, 0.1) is 0 Å². The van der Waals surface area contributed by atoms with E-state index in [0.717, 1.165) is 0 Å². The SMILES string of the molecule is C=C(C)C(=O)OC(F)(F)OC(F)(F)C(F)(F)OC(F)(F)C(F)(F)C(F)C(F)(F)F. The summed E-state index contributed by atoms with van der Waals surface area (Å²) in [6.45, 7) is 3.31. The van der Waals surface area contributed by atoms with Crippen LogP contribution in [0.3, 0.4) is 0 Å². The molecular formula is C11H6F14O4. The largest absolute Gasteiger partial charge is 0.542 e. The van der Waals surface area contributed by atoms with Crippen molar-refractivity contribution in [2.75, 3.05) is 0 Å². The first-order valence-corrected chi connectivity index (χ1v) is 6.28. The summed E-state index contributed by atoms with van der Waals surface area (Å²) in [5, 5.41) is 0. The molecule has 0 aliphatic heterocycles. The van der Waals surface area contributed by atoms with E-state index in [0.29, 0.717) is 6.92 Å². The van der Waals surface area contributed by atoms with Gasteiger partial charge in [-0.25, -0.2) is 18.7 Å². The molecule has 29 heavy (non-hydrogen) atoms. The quantitative estimate of drug-likeness (QED) is 0.207. The zero-order valence-corrected chi connectivity index (χ0v) is 13.2. The normalized spacial score (nSPS) is 15.8. The molecule has 0 saturated heterocycles. The topological polar surface area (TPSA) is 44.8 Å². The number of hydrogen-bond acceptors (Lipinski definition) is 4. The summed E-state index contributed by atoms with van der Waals surface area (Å²) in [5.74, 6) is -9.46. The number of hydrogen-bond donors (Lipinski definition) is 0. The molecule has 0 spiro atoms. The fourth-order valence-electron chi connectivity index (χ4n) is 1.07. The molecule has 0 amide bonds. The highest BCUT2D eigenvalue weighted by Gasteiger charge is 2.77. The number of rotatable bonds is 9. The Morgan fingerprint density at radius 3 is 1.48 bits per heavy atom. The van der Waals surface area contributed by atoms with Gasteiger partial charge in [0.1, 0.15) is 0 Å². The van der Waals surface area contributed by atoms with Gasteiger partial charge in [-0.05, 0) is 6.92 Å². The lowest BCUT2D eigenvalue weighted by molar-refractivity contribution is -0.551. The molecule has 172 valence electrons. The molecule has 4 nitrogen and oxygen atoms in total. The van der Waals surface area contributed by atoms with E-state index in [-0.39, 0.29) is 0 Å². The molecule has 0 aliphatic carbocycles. The summed E-state index contributed by atoms with van der Waals surface area (Å²) >= 11 is 0. The predicted octanol–water partition coefficient (Wildman–Crippen LogP) is 5.00. The maximum Gasteiger partial charge on any atom is 0.542 e. The van der Waals surface area contributed by atoms with Gasteiger partial charge in [-0.15, -0.1) is 8.78 Å². The number of carbonyl (C=O) groups is 1. The summed E-state index contributed by atoms with van der Waals surface area (Å²) in [5.41, 5.74) is -0.938. The van der Waals surface area contributed by atoms with Crippen molar-refractivity contribution >= 4 is 5.97 Å². The molecule has 0 aromatic rings. The fraction of sp³-hybridized carbons (Fsp3) is 0.727. The van der Waals surface area contributed by atoms with E-state index in [1.54, 1.807) is 4.74 Å². The van der Waals surface area contributed by atoms with Gasteiger partial charge in [-0.2, -0.15) is 48.3 Å². The summed E-state index contributed by atoms with van der Waals surface area (Å²) < 4.78 is 183. The molecule has 18 heteroatoms. The van der Waals surface area contributed by atoms with Gasteiger partial charge in [0, 0.05) is 5.57 Å². The van der Waals surface area contributed by atoms with Gasteiger partial charge >= 0.3 is 42.7 Å². The molecule has 0 N–H and O–H groups in total. The van der Waals surface area contributed by atoms with Crippen molar-refractivity contribution in [3.05, 3.63) is 12.2 Å². The minimum atomic E-state index is -7.33. The second-order valence-electron chi connectivity index (χ2n) is 4.91. The summed E-state index contributed by atoms with van der Waals surface area (Å²) in [4.78, 5) is 10.7. The standard InChI is InChI=1S/C11H6F14O4/c1-3(2)4(26)27-11(24,25)29-10(22,23)9(20,21)28-8(18,19)6(13,14)5(12)7(15,16)17/h5H,1H2,2H3. The van der Waals surface area contributed by atoms with Crippen molar-refractivity contribution in [3.63, 3.8) is 0 Å². The maximum absolute atomic E-state index is 13.0. The Morgan fingerprint density at radius 2 is 1.14 bits per heavy atom. The number of esters is 1. The van der Waals surface area contributed by atoms with Gasteiger partial charge in [0.25, 0.3) is 6.17 Å². The Kier molecular flexibility index (Phi) is 7.27. The highest BCUT2D eigenvalue weighted by Crippen LogP contribution is 2.50. The zero-order valence-electron chi connectivity index (χ0n) is 13.2. The smallest absolute Gasteiger partial charge is 0.373 e. The fourth-order valence-corrected chi connectivity index (χ4v) is 1.07. The molecule has 0 aliphatic rings. The van der Waals surface area contributed by atoms with Gasteiger partial charge in [-0.1, -0.05) is 6.58 Å². The lowest BCUT2D eigenvalue weighted by atomic mass is 10.2. The molecule has 1 atom stereocenters. The van der Waals surface area contributed by atoms with E-state index in [1.165, 1.54) is 0 Å². The van der Waals surface area contributed by atoms with E-state index >= 15 is 0 Å². The molecule has 0 aromatic carbocycles. The molecule has 0 bridgehead atoms. The molecule has 0 rings (SSSR count). The second kappa shape index (κ2) is 7.77. The first-order chi connectivity index (χ1) is 12.4. The highest BCUT2D eigenvalue weighted by atomic mass is 19.4. The van der Waals surface area contributed by atoms with Crippen molar-refractivity contribution in [1.82, 2.24) is 0 Å². The Bertz CT molecular complexity index is 626. The van der Waals surface area contributed by atoms with Crippen LogP contribution in [0.25, 0.3) is 0 Å². The molecule has 0 saturated carbocycles. The average Bonchev–Trinajstić information content (AvgIpc) is 2.41. The molecule has 1 unspecified atom stereocenters. The van der Waals surface area contributed by atoms with Gasteiger partial charge in [0.2, 0.25) is 0 Å². The number of carbonyl (C=O) groups excluding carboxylic acids is 1. The summed E-state index contributed by atoms with van der Waals surface area (Å²) in [6, 6.07) is 0. The van der Waals surface area contributed by atoms with Crippen molar-refractivity contribution in [2.24, 2.45) is 0 Å². The average molecular weight is 468 g/mol. The van der Waals surface area contributed by atoms with Crippen molar-refractivity contribution in [2.45, 2.75) is 49.8 Å². The van der Waals surface area contributed by atoms with Crippen LogP contribution in [0.1, 0.15) is 6.92 Å². The third-order valence-electron chi connectivity index (χ3n) is 2.40. The van der Waals surface area contributed by atoms with E-state index < -0.39 is 54.4 Å². The molecular weight excluding hydrogens is 462 g/mol. The molecule has 0 heterocycles. The van der Waals surface area contributed by atoms with Crippen LogP contribution in [-0.2, 0) is 19.0 Å². The lowest BCUT2D eigenvalue weighted by Gasteiger charge is -2.34. The van der Waals surface area contributed by atoms with Gasteiger partial charge in [0.15, 0.2) is 0 Å². The van der Waals surface area contributed by atoms with E-state index in [4.69, 9.17) is 0 Å². The Morgan fingerprint density at radius 1 is 0.759 bits per heavy atom. The highest BCUT2D eigenvalue weighted by molar-refractivity contribution is 5.87. The Balaban J connectivity index is 5.70. The molecule has 0 radical (unpaired) electrons. The van der Waals surface area contributed by atoms with Crippen LogP contribution in [0.2, 0.25) is 0 Å². The third kappa shape index (κ3) is 6.31. The van der Waals surface area contributed by atoms with Crippen molar-refractivity contribution in [1.29, 1.82) is 0 Å². The number of ether oxygens (including phenoxy) is 3. The van der Waals surface area contributed by atoms with Gasteiger partial charge in [-0.3, -0.25) is 0 Å². The van der Waals surface area contributed by atoms with Crippen molar-refractivity contribution in [3.8, 4) is 0 Å². The van der Waals surface area contributed by atoms with Crippen LogP contribution >= 0.6 is 0 Å². The first kappa shape index (κ1) is 27.1. The monoisotopic (exact) mass is 468 g/mol. The molecule has 0 fully saturated rings.